The Balaban J connectivity index is 1.58. The molecule has 0 amide bonds. The Labute approximate surface area is 197 Å². The number of methoxy groups -OCH3 is 1. The number of ether oxygens (including phenoxy) is 1. The van der Waals surface area contributed by atoms with E-state index in [1.165, 1.54) is 16.3 Å². The molecule has 9 nitrogen and oxygen atoms in total. The molecule has 1 aliphatic heterocycles. The number of nitrogens with one attached hydrogen (secondary N) is 1. The van der Waals surface area contributed by atoms with E-state index in [1.807, 2.05) is 0 Å². The number of anilines is 1. The summed E-state index contributed by atoms with van der Waals surface area (Å²) >= 11 is 0. The number of halogens is 4. The second-order valence-corrected chi connectivity index (χ2v) is 8.82. The molecule has 4 aromatic rings. The smallest absolute Gasteiger partial charge is 0.280 e. The van der Waals surface area contributed by atoms with Gasteiger partial charge < -0.3 is 15.0 Å². The molecule has 4 heterocycles. The monoisotopic (exact) mass is 492 g/mol. The molecule has 0 radical (unpaired) electrons. The van der Waals surface area contributed by atoms with Crippen LogP contribution in [0.5, 0.6) is 5.88 Å². The molecule has 35 heavy (non-hydrogen) atoms. The molecular formula is C22H24F4N8O. The van der Waals surface area contributed by atoms with Crippen LogP contribution in [0.2, 0.25) is 0 Å². The number of rotatable bonds is 6. The number of piperidine rings is 1. The number of hydrogen-bond acceptors (Lipinski definition) is 7. The second kappa shape index (κ2) is 8.63. The molecule has 3 aromatic heterocycles. The van der Waals surface area contributed by atoms with Crippen LogP contribution in [-0.2, 0) is 0 Å². The lowest BCUT2D eigenvalue weighted by Gasteiger charge is -2.36. The van der Waals surface area contributed by atoms with Crippen molar-refractivity contribution in [3.63, 3.8) is 0 Å². The van der Waals surface area contributed by atoms with Gasteiger partial charge in [-0.25, -0.2) is 26.8 Å². The highest BCUT2D eigenvalue weighted by atomic mass is 19.3. The van der Waals surface area contributed by atoms with Crippen LogP contribution < -0.4 is 10.1 Å². The third-order valence-electron chi connectivity index (χ3n) is 6.24. The maximum Gasteiger partial charge on any atom is 0.280 e. The van der Waals surface area contributed by atoms with Gasteiger partial charge in [0.25, 0.3) is 5.92 Å². The summed E-state index contributed by atoms with van der Waals surface area (Å²) in [6, 6.07) is 3.26. The van der Waals surface area contributed by atoms with Crippen molar-refractivity contribution in [3.05, 3.63) is 30.2 Å². The first kappa shape index (κ1) is 23.3. The summed E-state index contributed by atoms with van der Waals surface area (Å²) in [5.41, 5.74) is 1.90. The Kier molecular flexibility index (Phi) is 5.74. The molecule has 0 saturated carbocycles. The lowest BCUT2D eigenvalue weighted by Crippen LogP contribution is -2.53. The predicted octanol–water partition coefficient (Wildman–Crippen LogP) is 3.57. The van der Waals surface area contributed by atoms with E-state index >= 15 is 4.39 Å². The fourth-order valence-electron chi connectivity index (χ4n) is 4.43. The van der Waals surface area contributed by atoms with Crippen LogP contribution in [0, 0.1) is 5.82 Å². The average Bonchev–Trinajstić information content (AvgIpc) is 3.39. The second-order valence-electron chi connectivity index (χ2n) is 8.82. The molecule has 0 unspecified atom stereocenters. The minimum Gasteiger partial charge on any atom is -0.479 e. The third-order valence-corrected chi connectivity index (χ3v) is 6.24. The summed E-state index contributed by atoms with van der Waals surface area (Å²) in [4.78, 5) is 5.81. The normalized spacial score (nSPS) is 19.3. The Morgan fingerprint density at radius 1 is 1.31 bits per heavy atom. The Hall–Kier alpha value is -3.48. The van der Waals surface area contributed by atoms with E-state index in [1.54, 1.807) is 37.1 Å². The molecule has 0 bridgehead atoms. The Morgan fingerprint density at radius 2 is 2.11 bits per heavy atom. The van der Waals surface area contributed by atoms with Crippen molar-refractivity contribution in [2.24, 2.45) is 0 Å². The lowest BCUT2D eigenvalue weighted by atomic mass is 10.0. The summed E-state index contributed by atoms with van der Waals surface area (Å²) in [6.07, 6.45) is 1.33. The van der Waals surface area contributed by atoms with Crippen LogP contribution >= 0.6 is 0 Å². The molecule has 1 aliphatic rings. The molecule has 13 heteroatoms. The predicted molar refractivity (Wildman–Crippen MR) is 121 cm³/mol. The van der Waals surface area contributed by atoms with E-state index in [-0.39, 0.29) is 35.9 Å². The highest BCUT2D eigenvalue weighted by Gasteiger charge is 2.44. The summed E-state index contributed by atoms with van der Waals surface area (Å²) in [6.45, 7) is 1.12. The van der Waals surface area contributed by atoms with Crippen molar-refractivity contribution < 1.29 is 22.3 Å². The number of fused-ring (bicyclic) bond motifs is 2. The van der Waals surface area contributed by atoms with Crippen LogP contribution in [0.4, 0.5) is 23.5 Å². The van der Waals surface area contributed by atoms with Gasteiger partial charge in [-0.2, -0.15) is 4.98 Å². The van der Waals surface area contributed by atoms with E-state index in [2.05, 4.69) is 25.7 Å². The van der Waals surface area contributed by atoms with E-state index in [0.717, 1.165) is 6.20 Å². The van der Waals surface area contributed by atoms with Crippen LogP contribution in [0.3, 0.4) is 0 Å². The van der Waals surface area contributed by atoms with Crippen LogP contribution in [0.25, 0.3) is 27.7 Å². The fourth-order valence-corrected chi connectivity index (χ4v) is 4.43. The van der Waals surface area contributed by atoms with Gasteiger partial charge in [0.2, 0.25) is 11.8 Å². The van der Waals surface area contributed by atoms with Gasteiger partial charge in [0.05, 0.1) is 43.0 Å². The first-order valence-electron chi connectivity index (χ1n) is 11.1. The Bertz CT molecular complexity index is 1390. The molecule has 1 aromatic carbocycles. The summed E-state index contributed by atoms with van der Waals surface area (Å²) in [7, 11) is 2.99. The van der Waals surface area contributed by atoms with Gasteiger partial charge in [-0.05, 0) is 38.1 Å². The van der Waals surface area contributed by atoms with Crippen molar-refractivity contribution in [2.45, 2.75) is 31.4 Å². The topological polar surface area (TPSA) is 85.4 Å². The highest BCUT2D eigenvalue weighted by Crippen LogP contribution is 2.36. The van der Waals surface area contributed by atoms with E-state index in [9.17, 15) is 13.2 Å². The maximum atomic E-state index is 15.2. The van der Waals surface area contributed by atoms with Crippen LogP contribution in [0.1, 0.15) is 19.4 Å². The third kappa shape index (κ3) is 4.03. The van der Waals surface area contributed by atoms with Crippen molar-refractivity contribution in [3.8, 4) is 17.0 Å². The van der Waals surface area contributed by atoms with Gasteiger partial charge in [0.1, 0.15) is 17.7 Å². The number of alkyl halides is 3. The minimum absolute atomic E-state index is 0.0153. The maximum absolute atomic E-state index is 15.2. The zero-order valence-corrected chi connectivity index (χ0v) is 19.3. The molecule has 2 atom stereocenters. The molecule has 5 rings (SSSR count). The average molecular weight is 492 g/mol. The first-order chi connectivity index (χ1) is 16.7. The number of hydrogen-bond donors (Lipinski definition) is 1. The van der Waals surface area contributed by atoms with Gasteiger partial charge in [-0.1, -0.05) is 11.3 Å². The van der Waals surface area contributed by atoms with E-state index in [0.29, 0.717) is 23.1 Å². The standard InChI is InChI=1S/C22H24F4N8O/c1-12(9-23)34-16-8-13(4-5-15(16)29-31-34)18-14(24)10-33-19(18)20(35-3)28-21(30-33)27-17-6-7-32(2)11-22(17,25)26/h4-5,8,10,12,17H,6-7,9,11H2,1-3H3,(H,27,30)/t12-,17+/m0/s1. The summed E-state index contributed by atoms with van der Waals surface area (Å²) in [5.74, 6) is -3.69. The molecule has 0 spiro atoms. The van der Waals surface area contributed by atoms with Gasteiger partial charge >= 0.3 is 0 Å². The zero-order valence-electron chi connectivity index (χ0n) is 19.3. The lowest BCUT2D eigenvalue weighted by molar-refractivity contribution is -0.0675. The van der Waals surface area contributed by atoms with Crippen LogP contribution in [0.15, 0.2) is 24.4 Å². The number of benzene rings is 1. The number of aromatic nitrogens is 6. The van der Waals surface area contributed by atoms with Crippen LogP contribution in [-0.4, -0.2) is 80.4 Å². The van der Waals surface area contributed by atoms with Crippen molar-refractivity contribution in [2.75, 3.05) is 39.2 Å². The largest absolute Gasteiger partial charge is 0.479 e. The SMILES string of the molecule is COc1nc(N[C@@H]2CCN(C)CC2(F)F)nn2cc(F)c(-c3ccc4nnn([C@@H](C)CF)c4c3)c12. The Morgan fingerprint density at radius 3 is 2.83 bits per heavy atom. The summed E-state index contributed by atoms with van der Waals surface area (Å²) in [5, 5.41) is 15.0. The number of nitrogens with zero attached hydrogens (tertiary/aromatic N) is 7. The molecule has 1 saturated heterocycles. The minimum atomic E-state index is -2.99. The molecule has 186 valence electrons. The van der Waals surface area contributed by atoms with Gasteiger partial charge in [-0.3, -0.25) is 0 Å². The van der Waals surface area contributed by atoms with E-state index in [4.69, 9.17) is 4.74 Å². The first-order valence-corrected chi connectivity index (χ1v) is 11.1. The van der Waals surface area contributed by atoms with Crippen molar-refractivity contribution in [1.29, 1.82) is 0 Å². The van der Waals surface area contributed by atoms with Crippen molar-refractivity contribution in [1.82, 2.24) is 34.5 Å². The molecule has 1 fully saturated rings. The van der Waals surface area contributed by atoms with Gasteiger partial charge in [0, 0.05) is 6.54 Å². The molecule has 1 N–H and O–H groups in total. The zero-order chi connectivity index (χ0) is 24.9. The van der Waals surface area contributed by atoms with Crippen molar-refractivity contribution >= 4 is 22.5 Å². The molecule has 0 aliphatic carbocycles. The quantitative estimate of drug-likeness (QED) is 0.412. The van der Waals surface area contributed by atoms with E-state index < -0.39 is 30.5 Å². The number of likely N-dealkylation sites (tertiary alicyclic amines) is 1. The van der Waals surface area contributed by atoms with Gasteiger partial charge in [-0.15, -0.1) is 10.2 Å². The fraction of sp³-hybridized carbons (Fsp3) is 0.455. The van der Waals surface area contributed by atoms with Gasteiger partial charge in [0.15, 0.2) is 5.82 Å². The summed E-state index contributed by atoms with van der Waals surface area (Å²) < 4.78 is 65.6. The molecular weight excluding hydrogens is 468 g/mol. The highest BCUT2D eigenvalue weighted by molar-refractivity contribution is 5.89.